The first-order valence-electron chi connectivity index (χ1n) is 5.06. The molecule has 1 unspecified atom stereocenters. The zero-order valence-corrected chi connectivity index (χ0v) is 10.7. The van der Waals surface area contributed by atoms with E-state index in [0.717, 1.165) is 16.8 Å². The number of anilines is 1. The van der Waals surface area contributed by atoms with Crippen molar-refractivity contribution in [2.24, 2.45) is 0 Å². The van der Waals surface area contributed by atoms with Gasteiger partial charge in [0.05, 0.1) is 4.83 Å². The number of nitrogens with zero attached hydrogens (tertiary/aromatic N) is 1. The van der Waals surface area contributed by atoms with Crippen LogP contribution in [0.25, 0.3) is 0 Å². The molecule has 0 aromatic heterocycles. The first kappa shape index (κ1) is 11.3. The monoisotopic (exact) mass is 281 g/mol. The lowest BCUT2D eigenvalue weighted by atomic mass is 10.1. The molecule has 3 nitrogen and oxygen atoms in total. The van der Waals surface area contributed by atoms with Gasteiger partial charge in [0.2, 0.25) is 5.91 Å². The summed E-state index contributed by atoms with van der Waals surface area (Å²) in [5, 5.41) is 0. The molecule has 0 spiro atoms. The molecule has 84 valence electrons. The van der Waals surface area contributed by atoms with Gasteiger partial charge in [-0.25, -0.2) is 0 Å². The standard InChI is InChI=1S/C12H12BrNO2/c1-7(15)14(2)9-3-4-10-8(5-9)6-11(13)12(10)16/h3-5,11H,6H2,1-2H3. The van der Waals surface area contributed by atoms with Crippen LogP contribution in [0, 0.1) is 0 Å². The Balaban J connectivity index is 2.39. The Morgan fingerprint density at radius 1 is 1.50 bits per heavy atom. The topological polar surface area (TPSA) is 37.4 Å². The molecular formula is C12H12BrNO2. The van der Waals surface area contributed by atoms with Gasteiger partial charge in [-0.15, -0.1) is 0 Å². The third-order valence-electron chi connectivity index (χ3n) is 2.90. The van der Waals surface area contributed by atoms with Crippen LogP contribution in [0.15, 0.2) is 18.2 Å². The third kappa shape index (κ3) is 1.78. The highest BCUT2D eigenvalue weighted by Gasteiger charge is 2.28. The van der Waals surface area contributed by atoms with Gasteiger partial charge in [0.1, 0.15) is 0 Å². The van der Waals surface area contributed by atoms with Crippen LogP contribution in [0.3, 0.4) is 0 Å². The van der Waals surface area contributed by atoms with Gasteiger partial charge < -0.3 is 4.90 Å². The van der Waals surface area contributed by atoms with Gasteiger partial charge in [-0.05, 0) is 30.2 Å². The Morgan fingerprint density at radius 3 is 2.81 bits per heavy atom. The first-order valence-corrected chi connectivity index (χ1v) is 5.98. The Hall–Kier alpha value is -1.16. The lowest BCUT2D eigenvalue weighted by Gasteiger charge is -2.15. The molecule has 0 saturated heterocycles. The van der Waals surface area contributed by atoms with E-state index in [9.17, 15) is 9.59 Å². The third-order valence-corrected chi connectivity index (χ3v) is 3.64. The van der Waals surface area contributed by atoms with Gasteiger partial charge in [-0.2, -0.15) is 0 Å². The molecule has 0 N–H and O–H groups in total. The fourth-order valence-electron chi connectivity index (χ4n) is 1.83. The maximum atomic E-state index is 11.7. The van der Waals surface area contributed by atoms with Gasteiger partial charge in [0.15, 0.2) is 5.78 Å². The summed E-state index contributed by atoms with van der Waals surface area (Å²) >= 11 is 3.34. The van der Waals surface area contributed by atoms with Crippen molar-refractivity contribution in [3.05, 3.63) is 29.3 Å². The van der Waals surface area contributed by atoms with Crippen LogP contribution in [-0.2, 0) is 11.2 Å². The van der Waals surface area contributed by atoms with E-state index < -0.39 is 0 Å². The van der Waals surface area contributed by atoms with Gasteiger partial charge in [0, 0.05) is 25.2 Å². The number of amides is 1. The molecule has 1 amide bonds. The maximum Gasteiger partial charge on any atom is 0.223 e. The van der Waals surface area contributed by atoms with E-state index in [0.29, 0.717) is 6.42 Å². The normalized spacial score (nSPS) is 18.4. The second kappa shape index (κ2) is 4.01. The summed E-state index contributed by atoms with van der Waals surface area (Å²) in [6.07, 6.45) is 0.702. The van der Waals surface area contributed by atoms with Crippen molar-refractivity contribution in [3.63, 3.8) is 0 Å². The molecule has 0 heterocycles. The number of fused-ring (bicyclic) bond motifs is 1. The molecule has 0 aliphatic heterocycles. The lowest BCUT2D eigenvalue weighted by molar-refractivity contribution is -0.116. The molecule has 0 radical (unpaired) electrons. The summed E-state index contributed by atoms with van der Waals surface area (Å²) < 4.78 is 0. The molecule has 1 aromatic carbocycles. The van der Waals surface area contributed by atoms with Crippen molar-refractivity contribution in [3.8, 4) is 0 Å². The predicted molar refractivity (Wildman–Crippen MR) is 66.3 cm³/mol. The Labute approximate surface area is 103 Å². The largest absolute Gasteiger partial charge is 0.316 e. The van der Waals surface area contributed by atoms with Crippen LogP contribution in [0.4, 0.5) is 5.69 Å². The number of hydrogen-bond donors (Lipinski definition) is 0. The highest BCUT2D eigenvalue weighted by atomic mass is 79.9. The van der Waals surface area contributed by atoms with E-state index in [2.05, 4.69) is 15.9 Å². The minimum Gasteiger partial charge on any atom is -0.316 e. The molecule has 1 aliphatic carbocycles. The van der Waals surface area contributed by atoms with Crippen molar-refractivity contribution < 1.29 is 9.59 Å². The second-order valence-corrected chi connectivity index (χ2v) is 5.06. The fraction of sp³-hybridized carbons (Fsp3) is 0.333. The summed E-state index contributed by atoms with van der Waals surface area (Å²) in [6, 6.07) is 5.52. The van der Waals surface area contributed by atoms with Gasteiger partial charge >= 0.3 is 0 Å². The van der Waals surface area contributed by atoms with E-state index in [1.807, 2.05) is 12.1 Å². The van der Waals surface area contributed by atoms with Crippen LogP contribution in [0.1, 0.15) is 22.8 Å². The van der Waals surface area contributed by atoms with Crippen LogP contribution in [-0.4, -0.2) is 23.6 Å². The van der Waals surface area contributed by atoms with E-state index in [1.165, 1.54) is 6.92 Å². The smallest absolute Gasteiger partial charge is 0.223 e. The van der Waals surface area contributed by atoms with Crippen molar-refractivity contribution in [2.45, 2.75) is 18.2 Å². The molecule has 0 fully saturated rings. The molecule has 4 heteroatoms. The van der Waals surface area contributed by atoms with Crippen LogP contribution in [0.2, 0.25) is 0 Å². The summed E-state index contributed by atoms with van der Waals surface area (Å²) in [4.78, 5) is 24.4. The lowest BCUT2D eigenvalue weighted by Crippen LogP contribution is -2.22. The summed E-state index contributed by atoms with van der Waals surface area (Å²) in [6.45, 7) is 1.52. The van der Waals surface area contributed by atoms with Crippen molar-refractivity contribution in [1.29, 1.82) is 0 Å². The number of benzene rings is 1. The molecule has 0 bridgehead atoms. The zero-order chi connectivity index (χ0) is 11.9. The number of hydrogen-bond acceptors (Lipinski definition) is 2. The first-order chi connectivity index (χ1) is 7.50. The average molecular weight is 282 g/mol. The number of halogens is 1. The number of carbonyl (C=O) groups is 2. The Kier molecular flexibility index (Phi) is 2.84. The van der Waals surface area contributed by atoms with Gasteiger partial charge in [-0.1, -0.05) is 15.9 Å². The predicted octanol–water partition coefficient (Wildman–Crippen LogP) is 2.17. The zero-order valence-electron chi connectivity index (χ0n) is 9.16. The van der Waals surface area contributed by atoms with Gasteiger partial charge in [0.25, 0.3) is 0 Å². The minimum atomic E-state index is -0.111. The van der Waals surface area contributed by atoms with Crippen LogP contribution in [0.5, 0.6) is 0 Å². The second-order valence-electron chi connectivity index (χ2n) is 3.96. The fourth-order valence-corrected chi connectivity index (χ4v) is 2.43. The molecule has 0 saturated carbocycles. The summed E-state index contributed by atoms with van der Waals surface area (Å²) in [5.41, 5.74) is 2.61. The summed E-state index contributed by atoms with van der Waals surface area (Å²) in [5.74, 6) is 0.117. The number of Topliss-reactive ketones (excluding diaryl/α,β-unsaturated/α-hetero) is 1. The molecule has 1 aliphatic rings. The van der Waals surface area contributed by atoms with E-state index in [1.54, 1.807) is 18.0 Å². The molecule has 1 aromatic rings. The molecule has 2 rings (SSSR count). The minimum absolute atomic E-state index is 0.0142. The SMILES string of the molecule is CC(=O)N(C)c1ccc2c(c1)CC(Br)C2=O. The van der Waals surface area contributed by atoms with Crippen molar-refractivity contribution >= 4 is 33.3 Å². The van der Waals surface area contributed by atoms with E-state index in [4.69, 9.17) is 0 Å². The highest BCUT2D eigenvalue weighted by Crippen LogP contribution is 2.30. The number of ketones is 1. The summed E-state index contributed by atoms with van der Waals surface area (Å²) in [7, 11) is 1.73. The van der Waals surface area contributed by atoms with Crippen molar-refractivity contribution in [2.75, 3.05) is 11.9 Å². The Bertz CT molecular complexity index is 470. The molecular weight excluding hydrogens is 270 g/mol. The quantitative estimate of drug-likeness (QED) is 0.740. The van der Waals surface area contributed by atoms with E-state index >= 15 is 0 Å². The van der Waals surface area contributed by atoms with Crippen molar-refractivity contribution in [1.82, 2.24) is 0 Å². The van der Waals surface area contributed by atoms with Crippen LogP contribution >= 0.6 is 15.9 Å². The Morgan fingerprint density at radius 2 is 2.19 bits per heavy atom. The molecule has 16 heavy (non-hydrogen) atoms. The van der Waals surface area contributed by atoms with Gasteiger partial charge in [-0.3, -0.25) is 9.59 Å². The average Bonchev–Trinajstić information content (AvgIpc) is 2.53. The molecule has 1 atom stereocenters. The van der Waals surface area contributed by atoms with Crippen LogP contribution < -0.4 is 4.90 Å². The highest BCUT2D eigenvalue weighted by molar-refractivity contribution is 9.10. The maximum absolute atomic E-state index is 11.7. The number of rotatable bonds is 1. The van der Waals surface area contributed by atoms with E-state index in [-0.39, 0.29) is 16.5 Å². The number of alkyl halides is 1. The number of carbonyl (C=O) groups excluding carboxylic acids is 2.